The molecule has 1 heteroatoms. The second kappa shape index (κ2) is 11.9. The first-order chi connectivity index (χ1) is 5.39. The molecule has 0 radical (unpaired) electrons. The summed E-state index contributed by atoms with van der Waals surface area (Å²) < 4.78 is 11.9. The lowest BCUT2D eigenvalue weighted by Crippen LogP contribution is -1.63. The lowest BCUT2D eigenvalue weighted by Gasteiger charge is -1.78. The molecule has 0 spiro atoms. The molecule has 0 saturated carbocycles. The fourth-order valence-electron chi connectivity index (χ4n) is 0.415. The van der Waals surface area contributed by atoms with E-state index in [9.17, 15) is 4.39 Å². The van der Waals surface area contributed by atoms with E-state index in [4.69, 9.17) is 0 Å². The zero-order chi connectivity index (χ0) is 9.11. The Morgan fingerprint density at radius 3 is 1.36 bits per heavy atom. The van der Waals surface area contributed by atoms with Crippen molar-refractivity contribution in [2.75, 3.05) is 0 Å². The Balaban J connectivity index is 0. The molecule has 0 aliphatic heterocycles. The van der Waals surface area contributed by atoms with E-state index < -0.39 is 0 Å². The number of hydrogen-bond donors (Lipinski definition) is 0. The van der Waals surface area contributed by atoms with Gasteiger partial charge < -0.3 is 0 Å². The van der Waals surface area contributed by atoms with Gasteiger partial charge in [-0.1, -0.05) is 45.9 Å². The summed E-state index contributed by atoms with van der Waals surface area (Å²) in [4.78, 5) is 0. The summed E-state index contributed by atoms with van der Waals surface area (Å²) >= 11 is 0. The van der Waals surface area contributed by atoms with Crippen molar-refractivity contribution in [3.63, 3.8) is 0 Å². The number of rotatable bonds is 0. The van der Waals surface area contributed by atoms with Crippen LogP contribution in [0, 0.1) is 5.82 Å². The van der Waals surface area contributed by atoms with E-state index in [0.717, 1.165) is 0 Å². The molecule has 1 aromatic rings. The third-order valence-electron chi connectivity index (χ3n) is 0.733. The first-order valence-electron chi connectivity index (χ1n) is 4.10. The van der Waals surface area contributed by atoms with E-state index >= 15 is 0 Å². The van der Waals surface area contributed by atoms with Crippen LogP contribution in [0.15, 0.2) is 30.3 Å². The van der Waals surface area contributed by atoms with Crippen molar-refractivity contribution in [1.29, 1.82) is 0 Å². The predicted molar refractivity (Wildman–Crippen MR) is 49.1 cm³/mol. The molecule has 0 atom stereocenters. The van der Waals surface area contributed by atoms with Gasteiger partial charge in [0.25, 0.3) is 0 Å². The zero-order valence-corrected chi connectivity index (χ0v) is 7.76. The normalized spacial score (nSPS) is 6.64. The summed E-state index contributed by atoms with van der Waals surface area (Å²) in [5.41, 5.74) is 0. The highest BCUT2D eigenvalue weighted by Crippen LogP contribution is 1.91. The average Bonchev–Trinajstić information content (AvgIpc) is 2.13. The van der Waals surface area contributed by atoms with Crippen molar-refractivity contribution >= 4 is 0 Å². The van der Waals surface area contributed by atoms with Crippen LogP contribution in [0.3, 0.4) is 0 Å². The quantitative estimate of drug-likeness (QED) is 0.534. The van der Waals surface area contributed by atoms with E-state index in [-0.39, 0.29) is 5.82 Å². The number of hydrogen-bond acceptors (Lipinski definition) is 0. The molecule has 0 aliphatic rings. The maximum Gasteiger partial charge on any atom is 0.123 e. The summed E-state index contributed by atoms with van der Waals surface area (Å²) in [5.74, 6) is -0.178. The van der Waals surface area contributed by atoms with Crippen LogP contribution in [0.25, 0.3) is 0 Å². The number of benzene rings is 1. The van der Waals surface area contributed by atoms with Crippen molar-refractivity contribution < 1.29 is 4.39 Å². The fourth-order valence-corrected chi connectivity index (χ4v) is 0.415. The third kappa shape index (κ3) is 9.15. The lowest BCUT2D eigenvalue weighted by atomic mass is 10.4. The lowest BCUT2D eigenvalue weighted by molar-refractivity contribution is 0.628. The molecule has 1 aromatic carbocycles. The molecular formula is C10H17F. The van der Waals surface area contributed by atoms with Crippen molar-refractivity contribution in [3.05, 3.63) is 36.1 Å². The first kappa shape index (κ1) is 12.8. The summed E-state index contributed by atoms with van der Waals surface area (Å²) in [6, 6.07) is 7.94. The van der Waals surface area contributed by atoms with Crippen LogP contribution in [0.1, 0.15) is 27.7 Å². The highest BCUT2D eigenvalue weighted by molar-refractivity contribution is 5.02. The Hall–Kier alpha value is -0.850. The maximum atomic E-state index is 11.9. The molecule has 0 nitrogen and oxygen atoms in total. The Labute approximate surface area is 69.1 Å². The van der Waals surface area contributed by atoms with Crippen molar-refractivity contribution in [2.45, 2.75) is 27.7 Å². The Morgan fingerprint density at radius 2 is 1.18 bits per heavy atom. The van der Waals surface area contributed by atoms with Gasteiger partial charge in [-0.05, 0) is 12.1 Å². The highest BCUT2D eigenvalue weighted by Gasteiger charge is 1.77. The molecule has 0 aromatic heterocycles. The molecule has 11 heavy (non-hydrogen) atoms. The van der Waals surface area contributed by atoms with Gasteiger partial charge in [0.05, 0.1) is 0 Å². The predicted octanol–water partition coefficient (Wildman–Crippen LogP) is 3.88. The molecule has 0 unspecified atom stereocenters. The third-order valence-corrected chi connectivity index (χ3v) is 0.733. The van der Waals surface area contributed by atoms with E-state index in [1.54, 1.807) is 18.2 Å². The van der Waals surface area contributed by atoms with Crippen molar-refractivity contribution in [1.82, 2.24) is 0 Å². The topological polar surface area (TPSA) is 0 Å². The van der Waals surface area contributed by atoms with Crippen LogP contribution in [0.2, 0.25) is 0 Å². The van der Waals surface area contributed by atoms with E-state index in [1.165, 1.54) is 12.1 Å². The van der Waals surface area contributed by atoms with Gasteiger partial charge in [0.2, 0.25) is 0 Å². The van der Waals surface area contributed by atoms with E-state index in [0.29, 0.717) is 0 Å². The molecule has 64 valence electrons. The van der Waals surface area contributed by atoms with Crippen LogP contribution >= 0.6 is 0 Å². The van der Waals surface area contributed by atoms with Crippen LogP contribution in [-0.2, 0) is 0 Å². The van der Waals surface area contributed by atoms with Gasteiger partial charge in [0.15, 0.2) is 0 Å². The minimum atomic E-state index is -0.178. The molecule has 0 amide bonds. The summed E-state index contributed by atoms with van der Waals surface area (Å²) in [6.07, 6.45) is 0. The molecule has 0 fully saturated rings. The maximum absolute atomic E-state index is 11.9. The minimum Gasteiger partial charge on any atom is -0.207 e. The van der Waals surface area contributed by atoms with Gasteiger partial charge in [0.1, 0.15) is 5.82 Å². The molecule has 0 heterocycles. The smallest absolute Gasteiger partial charge is 0.123 e. The summed E-state index contributed by atoms with van der Waals surface area (Å²) in [6.45, 7) is 8.00. The molecule has 0 saturated heterocycles. The van der Waals surface area contributed by atoms with Crippen molar-refractivity contribution in [3.8, 4) is 0 Å². The SMILES string of the molecule is CC.CC.Fc1ccccc1. The molecular weight excluding hydrogens is 139 g/mol. The largest absolute Gasteiger partial charge is 0.207 e. The summed E-state index contributed by atoms with van der Waals surface area (Å²) in [5, 5.41) is 0. The average molecular weight is 156 g/mol. The molecule has 1 rings (SSSR count). The van der Waals surface area contributed by atoms with Crippen LogP contribution < -0.4 is 0 Å². The number of halogens is 1. The fraction of sp³-hybridized carbons (Fsp3) is 0.400. The second-order valence-electron chi connectivity index (χ2n) is 1.30. The Morgan fingerprint density at radius 1 is 0.818 bits per heavy atom. The molecule has 0 aliphatic carbocycles. The standard InChI is InChI=1S/C6H5F.2C2H6/c7-6-4-2-1-3-5-6;2*1-2/h1-5H;2*1-2H3. The van der Waals surface area contributed by atoms with Gasteiger partial charge in [-0.15, -0.1) is 0 Å². The van der Waals surface area contributed by atoms with Gasteiger partial charge in [-0.3, -0.25) is 0 Å². The zero-order valence-electron chi connectivity index (χ0n) is 7.76. The van der Waals surface area contributed by atoms with Crippen LogP contribution in [-0.4, -0.2) is 0 Å². The van der Waals surface area contributed by atoms with Gasteiger partial charge >= 0.3 is 0 Å². The second-order valence-corrected chi connectivity index (χ2v) is 1.30. The molecule has 0 N–H and O–H groups in total. The molecule has 0 bridgehead atoms. The van der Waals surface area contributed by atoms with E-state index in [1.807, 2.05) is 27.7 Å². The monoisotopic (exact) mass is 156 g/mol. The van der Waals surface area contributed by atoms with E-state index in [2.05, 4.69) is 0 Å². The highest BCUT2D eigenvalue weighted by atomic mass is 19.1. The Bertz CT molecular complexity index is 135. The van der Waals surface area contributed by atoms with Gasteiger partial charge in [-0.25, -0.2) is 4.39 Å². The van der Waals surface area contributed by atoms with Gasteiger partial charge in [-0.2, -0.15) is 0 Å². The minimum absolute atomic E-state index is 0.178. The van der Waals surface area contributed by atoms with Gasteiger partial charge in [0, 0.05) is 0 Å². The first-order valence-corrected chi connectivity index (χ1v) is 4.10. The Kier molecular flexibility index (Phi) is 13.8. The summed E-state index contributed by atoms with van der Waals surface area (Å²) in [7, 11) is 0. The van der Waals surface area contributed by atoms with Crippen LogP contribution in [0.4, 0.5) is 4.39 Å². The van der Waals surface area contributed by atoms with Crippen LogP contribution in [0.5, 0.6) is 0 Å². The van der Waals surface area contributed by atoms with Crippen molar-refractivity contribution in [2.24, 2.45) is 0 Å².